The first-order chi connectivity index (χ1) is 7.36. The van der Waals surface area contributed by atoms with Crippen LogP contribution in [-0.2, 0) is 6.42 Å². The van der Waals surface area contributed by atoms with Crippen LogP contribution in [0, 0.1) is 0 Å². The van der Waals surface area contributed by atoms with Crippen LogP contribution in [0.25, 0.3) is 0 Å². The van der Waals surface area contributed by atoms with Crippen LogP contribution in [0.1, 0.15) is 29.3 Å². The number of pyridine rings is 1. The molecule has 3 rings (SSSR count). The van der Waals surface area contributed by atoms with Crippen molar-refractivity contribution >= 4 is 17.5 Å². The van der Waals surface area contributed by atoms with Crippen LogP contribution < -0.4 is 5.73 Å². The SMILES string of the molecule is Nc1nsnc1C1CCc2cccnc21. The van der Waals surface area contributed by atoms with E-state index in [1.807, 2.05) is 12.3 Å². The van der Waals surface area contributed by atoms with Crippen molar-refractivity contribution in [2.24, 2.45) is 0 Å². The quantitative estimate of drug-likeness (QED) is 0.789. The van der Waals surface area contributed by atoms with Gasteiger partial charge in [-0.05, 0) is 24.5 Å². The standard InChI is InChI=1S/C10H10N4S/c11-10-9(13-15-14-10)7-4-3-6-2-1-5-12-8(6)7/h1-2,5,7H,3-4H2,(H2,11,14). The van der Waals surface area contributed by atoms with Gasteiger partial charge in [0.15, 0.2) is 5.82 Å². The van der Waals surface area contributed by atoms with Gasteiger partial charge in [-0.3, -0.25) is 4.98 Å². The lowest BCUT2D eigenvalue weighted by Gasteiger charge is -2.06. The maximum atomic E-state index is 5.79. The Hall–Kier alpha value is -1.49. The van der Waals surface area contributed by atoms with Crippen molar-refractivity contribution in [3.63, 3.8) is 0 Å². The zero-order valence-corrected chi connectivity index (χ0v) is 8.87. The van der Waals surface area contributed by atoms with Crippen LogP contribution in [-0.4, -0.2) is 13.7 Å². The Labute approximate surface area is 91.5 Å². The molecule has 0 saturated heterocycles. The number of nitrogens with zero attached hydrogens (tertiary/aromatic N) is 3. The van der Waals surface area contributed by atoms with Crippen molar-refractivity contribution in [2.75, 3.05) is 5.73 Å². The fourth-order valence-electron chi connectivity index (χ4n) is 2.12. The van der Waals surface area contributed by atoms with Crippen molar-refractivity contribution in [3.8, 4) is 0 Å². The van der Waals surface area contributed by atoms with Gasteiger partial charge in [-0.2, -0.15) is 8.75 Å². The third-order valence-corrected chi connectivity index (χ3v) is 3.39. The molecule has 4 nitrogen and oxygen atoms in total. The van der Waals surface area contributed by atoms with E-state index in [1.54, 1.807) is 0 Å². The Kier molecular flexibility index (Phi) is 1.92. The van der Waals surface area contributed by atoms with E-state index in [9.17, 15) is 0 Å². The molecule has 2 N–H and O–H groups in total. The molecule has 2 heterocycles. The largest absolute Gasteiger partial charge is 0.381 e. The lowest BCUT2D eigenvalue weighted by Crippen LogP contribution is -2.02. The minimum atomic E-state index is 0.250. The zero-order valence-electron chi connectivity index (χ0n) is 8.05. The van der Waals surface area contributed by atoms with Gasteiger partial charge in [0, 0.05) is 12.1 Å². The highest BCUT2D eigenvalue weighted by Crippen LogP contribution is 2.37. The van der Waals surface area contributed by atoms with Crippen molar-refractivity contribution in [1.82, 2.24) is 13.7 Å². The summed E-state index contributed by atoms with van der Waals surface area (Å²) in [5, 5.41) is 0. The maximum absolute atomic E-state index is 5.79. The Morgan fingerprint density at radius 1 is 1.33 bits per heavy atom. The van der Waals surface area contributed by atoms with Crippen LogP contribution in [0.5, 0.6) is 0 Å². The van der Waals surface area contributed by atoms with Crippen LogP contribution in [0.4, 0.5) is 5.82 Å². The molecule has 0 aromatic carbocycles. The van der Waals surface area contributed by atoms with E-state index in [2.05, 4.69) is 19.8 Å². The van der Waals surface area contributed by atoms with Gasteiger partial charge in [0.25, 0.3) is 0 Å². The average molecular weight is 218 g/mol. The Balaban J connectivity index is 2.08. The molecule has 1 aliphatic carbocycles. The van der Waals surface area contributed by atoms with Crippen molar-refractivity contribution in [1.29, 1.82) is 0 Å². The molecule has 1 unspecified atom stereocenters. The lowest BCUT2D eigenvalue weighted by atomic mass is 10.0. The highest BCUT2D eigenvalue weighted by Gasteiger charge is 2.28. The molecule has 0 bridgehead atoms. The van der Waals surface area contributed by atoms with E-state index < -0.39 is 0 Å². The summed E-state index contributed by atoms with van der Waals surface area (Å²) in [5.74, 6) is 0.809. The third-order valence-electron chi connectivity index (χ3n) is 2.83. The molecule has 2 aromatic rings. The van der Waals surface area contributed by atoms with Gasteiger partial charge in [0.1, 0.15) is 5.69 Å². The van der Waals surface area contributed by atoms with Crippen molar-refractivity contribution < 1.29 is 0 Å². The molecule has 0 fully saturated rings. The second kappa shape index (κ2) is 3.27. The van der Waals surface area contributed by atoms with Gasteiger partial charge < -0.3 is 5.73 Å². The number of nitrogens with two attached hydrogens (primary N) is 1. The molecule has 0 aliphatic heterocycles. The minimum absolute atomic E-state index is 0.250. The molecule has 5 heteroatoms. The highest BCUT2D eigenvalue weighted by molar-refractivity contribution is 6.99. The van der Waals surface area contributed by atoms with E-state index in [0.29, 0.717) is 5.82 Å². The number of fused-ring (bicyclic) bond motifs is 1. The number of hydrogen-bond acceptors (Lipinski definition) is 5. The molecule has 1 atom stereocenters. The fraction of sp³-hybridized carbons (Fsp3) is 0.300. The molecule has 0 saturated carbocycles. The van der Waals surface area contributed by atoms with E-state index in [-0.39, 0.29) is 5.92 Å². The molecule has 0 radical (unpaired) electrons. The first kappa shape index (κ1) is 8.79. The summed E-state index contributed by atoms with van der Waals surface area (Å²) in [5.41, 5.74) is 9.12. The minimum Gasteiger partial charge on any atom is -0.381 e. The van der Waals surface area contributed by atoms with Gasteiger partial charge in [0.05, 0.1) is 17.4 Å². The Morgan fingerprint density at radius 2 is 2.27 bits per heavy atom. The lowest BCUT2D eigenvalue weighted by molar-refractivity contribution is 0.757. The summed E-state index contributed by atoms with van der Waals surface area (Å²) >= 11 is 1.17. The third kappa shape index (κ3) is 1.31. The molecule has 0 spiro atoms. The summed E-state index contributed by atoms with van der Waals surface area (Å²) in [6, 6.07) is 4.10. The van der Waals surface area contributed by atoms with Crippen LogP contribution in [0.3, 0.4) is 0 Å². The molecule has 15 heavy (non-hydrogen) atoms. The number of aromatic nitrogens is 3. The summed E-state index contributed by atoms with van der Waals surface area (Å²) in [7, 11) is 0. The molecule has 2 aromatic heterocycles. The summed E-state index contributed by atoms with van der Waals surface area (Å²) < 4.78 is 8.28. The van der Waals surface area contributed by atoms with Crippen molar-refractivity contribution in [2.45, 2.75) is 18.8 Å². The van der Waals surface area contributed by atoms with Gasteiger partial charge in [-0.25, -0.2) is 0 Å². The highest BCUT2D eigenvalue weighted by atomic mass is 32.1. The number of hydrogen-bond donors (Lipinski definition) is 1. The van der Waals surface area contributed by atoms with E-state index in [0.717, 1.165) is 24.2 Å². The smallest absolute Gasteiger partial charge is 0.161 e. The predicted octanol–water partition coefficient (Wildman–Crippen LogP) is 1.59. The Bertz CT molecular complexity index is 494. The molecule has 1 aliphatic rings. The molecular weight excluding hydrogens is 208 g/mol. The monoisotopic (exact) mass is 218 g/mol. The van der Waals surface area contributed by atoms with Gasteiger partial charge in [-0.1, -0.05) is 6.07 Å². The van der Waals surface area contributed by atoms with Gasteiger partial charge >= 0.3 is 0 Å². The summed E-state index contributed by atoms with van der Waals surface area (Å²) in [4.78, 5) is 4.42. The normalized spacial score (nSPS) is 19.1. The van der Waals surface area contributed by atoms with Crippen molar-refractivity contribution in [3.05, 3.63) is 35.3 Å². The average Bonchev–Trinajstić information content (AvgIpc) is 2.83. The van der Waals surface area contributed by atoms with Gasteiger partial charge in [0.2, 0.25) is 0 Å². The van der Waals surface area contributed by atoms with Gasteiger partial charge in [-0.15, -0.1) is 0 Å². The summed E-state index contributed by atoms with van der Waals surface area (Å²) in [6.07, 6.45) is 3.93. The topological polar surface area (TPSA) is 64.7 Å². The molecule has 0 amide bonds. The first-order valence-corrected chi connectivity index (χ1v) is 5.61. The second-order valence-electron chi connectivity index (χ2n) is 3.67. The second-order valence-corrected chi connectivity index (χ2v) is 4.20. The maximum Gasteiger partial charge on any atom is 0.161 e. The van der Waals surface area contributed by atoms with Crippen LogP contribution >= 0.6 is 11.7 Å². The zero-order chi connectivity index (χ0) is 10.3. The number of aryl methyl sites for hydroxylation is 1. The molecular formula is C10H10N4S. The first-order valence-electron chi connectivity index (χ1n) is 4.88. The number of nitrogen functional groups attached to an aromatic ring is 1. The number of anilines is 1. The fourth-order valence-corrected chi connectivity index (χ4v) is 2.65. The number of rotatable bonds is 1. The van der Waals surface area contributed by atoms with Crippen LogP contribution in [0.2, 0.25) is 0 Å². The van der Waals surface area contributed by atoms with E-state index in [4.69, 9.17) is 5.73 Å². The summed E-state index contributed by atoms with van der Waals surface area (Å²) in [6.45, 7) is 0. The molecule has 76 valence electrons. The van der Waals surface area contributed by atoms with E-state index in [1.165, 1.54) is 17.3 Å². The van der Waals surface area contributed by atoms with Crippen LogP contribution in [0.15, 0.2) is 18.3 Å². The predicted molar refractivity (Wildman–Crippen MR) is 58.7 cm³/mol. The van der Waals surface area contributed by atoms with E-state index >= 15 is 0 Å². The Morgan fingerprint density at radius 3 is 3.07 bits per heavy atom.